The van der Waals surface area contributed by atoms with Crippen LogP contribution in [0.25, 0.3) is 0 Å². The fourth-order valence-electron chi connectivity index (χ4n) is 4.24. The summed E-state index contributed by atoms with van der Waals surface area (Å²) in [4.78, 5) is 44.3. The molecule has 0 aliphatic heterocycles. The van der Waals surface area contributed by atoms with Crippen molar-refractivity contribution >= 4 is 52.6 Å². The van der Waals surface area contributed by atoms with Gasteiger partial charge in [-0.25, -0.2) is 9.78 Å². The van der Waals surface area contributed by atoms with Gasteiger partial charge in [0.1, 0.15) is 6.04 Å². The Bertz CT molecular complexity index is 1210. The number of hydrogen-bond acceptors (Lipinski definition) is 5. The molecule has 1 aliphatic rings. The van der Waals surface area contributed by atoms with Gasteiger partial charge in [-0.1, -0.05) is 41.4 Å². The number of carboxylic acid groups (broad SMARTS) is 1. The van der Waals surface area contributed by atoms with Gasteiger partial charge in [-0.15, -0.1) is 0 Å². The minimum absolute atomic E-state index is 0.0265. The molecule has 0 unspecified atom stereocenters. The van der Waals surface area contributed by atoms with Crippen LogP contribution in [0.4, 0.5) is 11.6 Å². The molecular weight excluding hydrogens is 505 g/mol. The number of aliphatic carboxylic acids is 1. The normalized spacial score (nSPS) is 17.8. The largest absolute Gasteiger partial charge is 0.480 e. The minimum Gasteiger partial charge on any atom is -0.480 e. The van der Waals surface area contributed by atoms with Gasteiger partial charge >= 0.3 is 5.97 Å². The molecule has 0 saturated heterocycles. The van der Waals surface area contributed by atoms with Gasteiger partial charge in [-0.3, -0.25) is 9.59 Å². The number of carbonyl (C=O) groups is 3. The highest BCUT2D eigenvalue weighted by Gasteiger charge is 2.30. The summed E-state index contributed by atoms with van der Waals surface area (Å²) >= 11 is 12.1. The number of H-pyrrole nitrogens is 1. The summed E-state index contributed by atoms with van der Waals surface area (Å²) in [5.41, 5.74) is 1.32. The van der Waals surface area contributed by atoms with Crippen LogP contribution in [0.2, 0.25) is 10.0 Å². The lowest BCUT2D eigenvalue weighted by atomic mass is 10.0. The highest BCUT2D eigenvalue weighted by molar-refractivity contribution is 6.39. The van der Waals surface area contributed by atoms with Crippen LogP contribution in [0.1, 0.15) is 35.2 Å². The molecule has 2 amide bonds. The van der Waals surface area contributed by atoms with Gasteiger partial charge in [0.15, 0.2) is 5.95 Å². The molecule has 1 aromatic heterocycles. The molecule has 3 aromatic rings. The first kappa shape index (κ1) is 25.5. The number of benzene rings is 2. The summed E-state index contributed by atoms with van der Waals surface area (Å²) in [5.74, 6) is -1.33. The zero-order valence-corrected chi connectivity index (χ0v) is 20.6. The van der Waals surface area contributed by atoms with E-state index in [-0.39, 0.29) is 39.9 Å². The summed E-state index contributed by atoms with van der Waals surface area (Å²) in [5, 5.41) is 18.6. The highest BCUT2D eigenvalue weighted by atomic mass is 35.5. The molecule has 5 N–H and O–H groups in total. The lowest BCUT2D eigenvalue weighted by Gasteiger charge is -2.16. The Morgan fingerprint density at radius 1 is 1.08 bits per heavy atom. The molecule has 0 spiro atoms. The van der Waals surface area contributed by atoms with E-state index >= 15 is 0 Å². The number of carbonyl (C=O) groups excluding carboxylic acids is 2. The molecule has 11 heteroatoms. The van der Waals surface area contributed by atoms with E-state index in [1.807, 2.05) is 0 Å². The Balaban J connectivity index is 1.32. The van der Waals surface area contributed by atoms with Crippen molar-refractivity contribution in [2.75, 3.05) is 10.6 Å². The molecule has 36 heavy (non-hydrogen) atoms. The SMILES string of the molecule is O=C(N[C@@H](Cc1ccc(NC(=O)[C@@H]2CC[C@@H](Nc3ncc[nH]3)C2)cc1)C(=O)O)c1c(Cl)cccc1Cl. The maximum atomic E-state index is 12.7. The molecule has 1 fully saturated rings. The van der Waals surface area contributed by atoms with Crippen molar-refractivity contribution in [3.63, 3.8) is 0 Å². The summed E-state index contributed by atoms with van der Waals surface area (Å²) in [7, 11) is 0. The monoisotopic (exact) mass is 529 g/mol. The number of aromatic nitrogens is 2. The summed E-state index contributed by atoms with van der Waals surface area (Å²) in [6.07, 6.45) is 5.82. The minimum atomic E-state index is -1.19. The number of amides is 2. The summed E-state index contributed by atoms with van der Waals surface area (Å²) in [6, 6.07) is 10.5. The van der Waals surface area contributed by atoms with Gasteiger partial charge in [-0.2, -0.15) is 0 Å². The Hall–Kier alpha value is -3.56. The standard InChI is InChI=1S/C25H25Cl2N5O4/c26-18-2-1-3-19(27)21(18)23(34)32-20(24(35)36)12-14-4-7-16(8-5-14)30-22(33)15-6-9-17(13-15)31-25-28-10-11-29-25/h1-5,7-8,10-11,15,17,20H,6,9,12-13H2,(H,30,33)(H,32,34)(H,35,36)(H2,28,29,31)/t15-,17-,20+/m1/s1. The number of anilines is 2. The smallest absolute Gasteiger partial charge is 0.326 e. The second-order valence-corrected chi connectivity index (χ2v) is 9.45. The van der Waals surface area contributed by atoms with Gasteiger partial charge in [0, 0.05) is 36.5 Å². The molecule has 1 aliphatic carbocycles. The van der Waals surface area contributed by atoms with E-state index in [0.29, 0.717) is 23.6 Å². The third kappa shape index (κ3) is 6.35. The third-order valence-corrected chi connectivity index (χ3v) is 6.73. The Morgan fingerprint density at radius 3 is 2.44 bits per heavy atom. The van der Waals surface area contributed by atoms with Gasteiger partial charge in [0.2, 0.25) is 5.91 Å². The molecule has 1 heterocycles. The maximum Gasteiger partial charge on any atom is 0.326 e. The fraction of sp³-hybridized carbons (Fsp3) is 0.280. The molecule has 4 rings (SSSR count). The predicted octanol–water partition coefficient (Wildman–Crippen LogP) is 4.36. The van der Waals surface area contributed by atoms with E-state index in [0.717, 1.165) is 12.8 Å². The summed E-state index contributed by atoms with van der Waals surface area (Å²) in [6.45, 7) is 0. The molecule has 2 aromatic carbocycles. The molecule has 9 nitrogen and oxygen atoms in total. The van der Waals surface area contributed by atoms with Gasteiger partial charge < -0.3 is 26.0 Å². The zero-order chi connectivity index (χ0) is 25.7. The van der Waals surface area contributed by atoms with E-state index in [9.17, 15) is 19.5 Å². The van der Waals surface area contributed by atoms with Crippen LogP contribution in [-0.2, 0) is 16.0 Å². The zero-order valence-electron chi connectivity index (χ0n) is 19.1. The number of carboxylic acids is 1. The molecule has 0 radical (unpaired) electrons. The summed E-state index contributed by atoms with van der Waals surface area (Å²) < 4.78 is 0. The number of nitrogens with one attached hydrogen (secondary N) is 4. The van der Waals surface area contributed by atoms with Crippen LogP contribution in [0.15, 0.2) is 54.9 Å². The van der Waals surface area contributed by atoms with Crippen molar-refractivity contribution in [2.45, 2.75) is 37.8 Å². The Morgan fingerprint density at radius 2 is 1.81 bits per heavy atom. The van der Waals surface area contributed by atoms with Crippen molar-refractivity contribution in [1.29, 1.82) is 0 Å². The lowest BCUT2D eigenvalue weighted by Crippen LogP contribution is -2.42. The van der Waals surface area contributed by atoms with Crippen LogP contribution in [-0.4, -0.2) is 44.9 Å². The van der Waals surface area contributed by atoms with E-state index in [2.05, 4.69) is 25.9 Å². The number of imidazole rings is 1. The van der Waals surface area contributed by atoms with Crippen molar-refractivity contribution in [1.82, 2.24) is 15.3 Å². The van der Waals surface area contributed by atoms with E-state index < -0.39 is 17.9 Å². The first-order chi connectivity index (χ1) is 17.3. The van der Waals surface area contributed by atoms with E-state index in [1.165, 1.54) is 12.1 Å². The molecular formula is C25H25Cl2N5O4. The number of hydrogen-bond donors (Lipinski definition) is 5. The second kappa shape index (κ2) is 11.5. The van der Waals surface area contributed by atoms with Crippen LogP contribution in [0, 0.1) is 5.92 Å². The van der Waals surface area contributed by atoms with Crippen LogP contribution >= 0.6 is 23.2 Å². The highest BCUT2D eigenvalue weighted by Crippen LogP contribution is 2.29. The molecule has 3 atom stereocenters. The lowest BCUT2D eigenvalue weighted by molar-refractivity contribution is -0.139. The van der Waals surface area contributed by atoms with E-state index in [1.54, 1.807) is 42.7 Å². The first-order valence-corrected chi connectivity index (χ1v) is 12.2. The van der Waals surface area contributed by atoms with Crippen LogP contribution in [0.3, 0.4) is 0 Å². The second-order valence-electron chi connectivity index (χ2n) is 8.64. The first-order valence-electron chi connectivity index (χ1n) is 11.4. The predicted molar refractivity (Wildman–Crippen MR) is 137 cm³/mol. The van der Waals surface area contributed by atoms with Crippen LogP contribution in [0.5, 0.6) is 0 Å². The van der Waals surface area contributed by atoms with Crippen molar-refractivity contribution in [2.24, 2.45) is 5.92 Å². The van der Waals surface area contributed by atoms with Gasteiger partial charge in [0.25, 0.3) is 5.91 Å². The van der Waals surface area contributed by atoms with Crippen LogP contribution < -0.4 is 16.0 Å². The van der Waals surface area contributed by atoms with Gasteiger partial charge in [0.05, 0.1) is 15.6 Å². The van der Waals surface area contributed by atoms with Gasteiger partial charge in [-0.05, 0) is 49.1 Å². The van der Waals surface area contributed by atoms with Crippen molar-refractivity contribution in [3.05, 3.63) is 76.0 Å². The number of aromatic amines is 1. The number of rotatable bonds is 9. The molecule has 0 bridgehead atoms. The molecule has 1 saturated carbocycles. The van der Waals surface area contributed by atoms with E-state index in [4.69, 9.17) is 23.2 Å². The number of nitrogens with zero attached hydrogens (tertiary/aromatic N) is 1. The Labute approximate surface area is 217 Å². The average molecular weight is 530 g/mol. The maximum absolute atomic E-state index is 12.7. The fourth-order valence-corrected chi connectivity index (χ4v) is 4.81. The molecule has 188 valence electrons. The third-order valence-electron chi connectivity index (χ3n) is 6.10. The number of halogens is 2. The average Bonchev–Trinajstić information content (AvgIpc) is 3.52. The van der Waals surface area contributed by atoms with Crippen molar-refractivity contribution in [3.8, 4) is 0 Å². The van der Waals surface area contributed by atoms with Crippen molar-refractivity contribution < 1.29 is 19.5 Å². The Kier molecular flexibility index (Phi) is 8.12. The topological polar surface area (TPSA) is 136 Å². The quantitative estimate of drug-likeness (QED) is 0.279.